The Kier molecular flexibility index (Phi) is 2.53. The normalized spacial score (nSPS) is 10.4. The predicted octanol–water partition coefficient (Wildman–Crippen LogP) is 2.43. The van der Waals surface area contributed by atoms with Gasteiger partial charge in [0.15, 0.2) is 5.82 Å². The predicted molar refractivity (Wildman–Crippen MR) is 70.1 cm³/mol. The van der Waals surface area contributed by atoms with E-state index >= 15 is 0 Å². The Balaban J connectivity index is 2.15. The lowest BCUT2D eigenvalue weighted by Gasteiger charge is -2.02. The van der Waals surface area contributed by atoms with Crippen LogP contribution in [0, 0.1) is 0 Å². The molecule has 0 atom stereocenters. The summed E-state index contributed by atoms with van der Waals surface area (Å²) >= 11 is 0. The lowest BCUT2D eigenvalue weighted by molar-refractivity contribution is 1.11. The summed E-state index contributed by atoms with van der Waals surface area (Å²) in [4.78, 5) is 21.9. The molecular weight excluding hydrogens is 226 g/mol. The molecule has 0 aliphatic carbocycles. The quantitative estimate of drug-likeness (QED) is 0.719. The molecule has 0 saturated carbocycles. The summed E-state index contributed by atoms with van der Waals surface area (Å²) in [6, 6.07) is 14.9. The Morgan fingerprint density at radius 1 is 1.00 bits per heavy atom. The molecule has 88 valence electrons. The van der Waals surface area contributed by atoms with Crippen LogP contribution < -0.4 is 5.56 Å². The molecule has 4 heteroatoms. The van der Waals surface area contributed by atoms with E-state index in [1.165, 1.54) is 6.07 Å². The van der Waals surface area contributed by atoms with E-state index in [2.05, 4.69) is 15.0 Å². The highest BCUT2D eigenvalue weighted by Crippen LogP contribution is 2.17. The molecule has 1 aromatic carbocycles. The second kappa shape index (κ2) is 4.33. The monoisotopic (exact) mass is 237 g/mol. The van der Waals surface area contributed by atoms with E-state index in [0.717, 1.165) is 11.3 Å². The molecule has 0 amide bonds. The molecule has 4 nitrogen and oxygen atoms in total. The highest BCUT2D eigenvalue weighted by Gasteiger charge is 2.05. The first-order chi connectivity index (χ1) is 8.83. The highest BCUT2D eigenvalue weighted by molar-refractivity contribution is 5.61. The Hall–Kier alpha value is -2.62. The van der Waals surface area contributed by atoms with Crippen LogP contribution in [-0.2, 0) is 0 Å². The Morgan fingerprint density at radius 3 is 2.56 bits per heavy atom. The van der Waals surface area contributed by atoms with Crippen LogP contribution in [0.25, 0.3) is 22.8 Å². The molecule has 2 heterocycles. The molecule has 0 saturated heterocycles. The molecule has 0 bridgehead atoms. The molecule has 3 aromatic rings. The number of rotatable bonds is 2. The fourth-order valence-corrected chi connectivity index (χ4v) is 1.82. The first kappa shape index (κ1) is 10.5. The van der Waals surface area contributed by atoms with Crippen molar-refractivity contribution >= 4 is 0 Å². The van der Waals surface area contributed by atoms with Crippen LogP contribution in [0.4, 0.5) is 0 Å². The van der Waals surface area contributed by atoms with E-state index in [4.69, 9.17) is 0 Å². The van der Waals surface area contributed by atoms with Gasteiger partial charge >= 0.3 is 0 Å². The average Bonchev–Trinajstić information content (AvgIpc) is 2.93. The zero-order valence-electron chi connectivity index (χ0n) is 9.55. The van der Waals surface area contributed by atoms with Crippen molar-refractivity contribution in [2.45, 2.75) is 0 Å². The zero-order chi connectivity index (χ0) is 12.4. The summed E-state index contributed by atoms with van der Waals surface area (Å²) < 4.78 is 0. The van der Waals surface area contributed by atoms with E-state index in [1.54, 1.807) is 6.20 Å². The first-order valence-corrected chi connectivity index (χ1v) is 5.63. The van der Waals surface area contributed by atoms with Crippen molar-refractivity contribution < 1.29 is 0 Å². The van der Waals surface area contributed by atoms with Gasteiger partial charge in [0.05, 0.1) is 11.4 Å². The number of aromatic nitrogens is 3. The summed E-state index contributed by atoms with van der Waals surface area (Å²) in [6.07, 6.45) is 1.80. The Bertz CT molecular complexity index is 699. The molecule has 0 radical (unpaired) electrons. The fraction of sp³-hybridized carbons (Fsp3) is 0. The van der Waals surface area contributed by atoms with E-state index in [1.807, 2.05) is 42.5 Å². The second-order valence-corrected chi connectivity index (χ2v) is 3.93. The van der Waals surface area contributed by atoms with E-state index in [0.29, 0.717) is 11.5 Å². The third kappa shape index (κ3) is 1.96. The van der Waals surface area contributed by atoms with Crippen molar-refractivity contribution in [3.63, 3.8) is 0 Å². The molecule has 3 rings (SSSR count). The molecule has 2 N–H and O–H groups in total. The van der Waals surface area contributed by atoms with Gasteiger partial charge in [-0.1, -0.05) is 30.3 Å². The maximum Gasteiger partial charge on any atom is 0.251 e. The van der Waals surface area contributed by atoms with Crippen molar-refractivity contribution in [3.05, 3.63) is 65.1 Å². The van der Waals surface area contributed by atoms with E-state index in [9.17, 15) is 4.79 Å². The summed E-state index contributed by atoms with van der Waals surface area (Å²) in [5, 5.41) is 0. The number of hydrogen-bond donors (Lipinski definition) is 2. The molecule has 0 aliphatic heterocycles. The largest absolute Gasteiger partial charge is 0.359 e. The zero-order valence-corrected chi connectivity index (χ0v) is 9.55. The van der Waals surface area contributed by atoms with Crippen molar-refractivity contribution in [2.24, 2.45) is 0 Å². The molecule has 2 aromatic heterocycles. The van der Waals surface area contributed by atoms with Gasteiger partial charge in [0.2, 0.25) is 0 Å². The summed E-state index contributed by atoms with van der Waals surface area (Å²) in [5.74, 6) is 0.548. The third-order valence-electron chi connectivity index (χ3n) is 2.66. The van der Waals surface area contributed by atoms with Gasteiger partial charge < -0.3 is 9.97 Å². The first-order valence-electron chi connectivity index (χ1n) is 5.63. The van der Waals surface area contributed by atoms with Crippen LogP contribution in [0.5, 0.6) is 0 Å². The van der Waals surface area contributed by atoms with Gasteiger partial charge in [0.1, 0.15) is 0 Å². The lowest BCUT2D eigenvalue weighted by atomic mass is 10.1. The van der Waals surface area contributed by atoms with E-state index in [-0.39, 0.29) is 5.56 Å². The smallest absolute Gasteiger partial charge is 0.251 e. The van der Waals surface area contributed by atoms with Gasteiger partial charge in [0.25, 0.3) is 5.56 Å². The van der Waals surface area contributed by atoms with Crippen LogP contribution >= 0.6 is 0 Å². The van der Waals surface area contributed by atoms with Gasteiger partial charge in [0, 0.05) is 17.8 Å². The van der Waals surface area contributed by atoms with Gasteiger partial charge in [-0.3, -0.25) is 4.79 Å². The lowest BCUT2D eigenvalue weighted by Crippen LogP contribution is -2.08. The number of aromatic amines is 2. The van der Waals surface area contributed by atoms with Crippen LogP contribution in [0.3, 0.4) is 0 Å². The third-order valence-corrected chi connectivity index (χ3v) is 2.66. The molecule has 0 aliphatic rings. The van der Waals surface area contributed by atoms with Gasteiger partial charge in [-0.05, 0) is 12.1 Å². The van der Waals surface area contributed by atoms with Gasteiger partial charge in [-0.25, -0.2) is 4.98 Å². The summed E-state index contributed by atoms with van der Waals surface area (Å²) in [7, 11) is 0. The number of nitrogens with one attached hydrogen (secondary N) is 2. The van der Waals surface area contributed by atoms with Gasteiger partial charge in [-0.2, -0.15) is 0 Å². The van der Waals surface area contributed by atoms with Crippen molar-refractivity contribution in [2.75, 3.05) is 0 Å². The minimum absolute atomic E-state index is 0.159. The summed E-state index contributed by atoms with van der Waals surface area (Å²) in [6.45, 7) is 0. The number of hydrogen-bond acceptors (Lipinski definition) is 2. The molecule has 0 unspecified atom stereocenters. The Morgan fingerprint density at radius 2 is 1.83 bits per heavy atom. The van der Waals surface area contributed by atoms with Crippen molar-refractivity contribution in [1.82, 2.24) is 15.0 Å². The van der Waals surface area contributed by atoms with Gasteiger partial charge in [-0.15, -0.1) is 0 Å². The second-order valence-electron chi connectivity index (χ2n) is 3.93. The standard InChI is InChI=1S/C14H11N3O/c18-13-9-12(10-5-2-1-3-6-10)16-14(17-13)11-7-4-8-15-11/h1-9,15H,(H,16,17,18). The molecular formula is C14H11N3O. The van der Waals surface area contributed by atoms with Crippen LogP contribution in [0.15, 0.2) is 59.5 Å². The number of H-pyrrole nitrogens is 2. The van der Waals surface area contributed by atoms with Crippen LogP contribution in [-0.4, -0.2) is 15.0 Å². The molecule has 0 fully saturated rings. The number of benzene rings is 1. The summed E-state index contributed by atoms with van der Waals surface area (Å²) in [5.41, 5.74) is 2.23. The fourth-order valence-electron chi connectivity index (χ4n) is 1.82. The van der Waals surface area contributed by atoms with Crippen LogP contribution in [0.2, 0.25) is 0 Å². The van der Waals surface area contributed by atoms with Crippen molar-refractivity contribution in [1.29, 1.82) is 0 Å². The number of nitrogens with zero attached hydrogens (tertiary/aromatic N) is 1. The van der Waals surface area contributed by atoms with Crippen LogP contribution in [0.1, 0.15) is 0 Å². The molecule has 0 spiro atoms. The maximum absolute atomic E-state index is 11.7. The van der Waals surface area contributed by atoms with Crippen molar-refractivity contribution in [3.8, 4) is 22.8 Å². The van der Waals surface area contributed by atoms with E-state index < -0.39 is 0 Å². The average molecular weight is 237 g/mol. The highest BCUT2D eigenvalue weighted by atomic mass is 16.1. The maximum atomic E-state index is 11.7. The minimum atomic E-state index is -0.159. The Labute approximate surface area is 103 Å². The topological polar surface area (TPSA) is 61.5 Å². The SMILES string of the molecule is O=c1cc(-c2ccccc2)nc(-c2ccc[nH]2)[nH]1. The molecule has 18 heavy (non-hydrogen) atoms. The minimum Gasteiger partial charge on any atom is -0.359 e.